The first kappa shape index (κ1) is 14.3. The lowest BCUT2D eigenvalue weighted by Crippen LogP contribution is -2.29. The van der Waals surface area contributed by atoms with E-state index in [4.69, 9.17) is 5.11 Å². The van der Waals surface area contributed by atoms with Crippen LogP contribution in [0.25, 0.3) is 0 Å². The predicted molar refractivity (Wildman–Crippen MR) is 73.4 cm³/mol. The van der Waals surface area contributed by atoms with Gasteiger partial charge in [-0.05, 0) is 26.3 Å². The summed E-state index contributed by atoms with van der Waals surface area (Å²) < 4.78 is 2.01. The Kier molecular flexibility index (Phi) is 4.81. The number of carboxylic acids is 1. The van der Waals surface area contributed by atoms with Gasteiger partial charge in [0.05, 0.1) is 5.75 Å². The Labute approximate surface area is 117 Å². The molecule has 6 nitrogen and oxygen atoms in total. The number of nitrogens with zero attached hydrogens (tertiary/aromatic N) is 4. The van der Waals surface area contributed by atoms with Crippen LogP contribution < -0.4 is 0 Å². The SMILES string of the molecule is CCN(CCn1c(C)nnc1SCC(=O)O)C1CC1. The summed E-state index contributed by atoms with van der Waals surface area (Å²) in [6.45, 7) is 6.94. The first-order valence-electron chi connectivity index (χ1n) is 6.60. The molecule has 1 aromatic heterocycles. The normalized spacial score (nSPS) is 15.1. The van der Waals surface area contributed by atoms with Gasteiger partial charge in [-0.1, -0.05) is 18.7 Å². The van der Waals surface area contributed by atoms with Crippen molar-refractivity contribution in [2.75, 3.05) is 18.8 Å². The highest BCUT2D eigenvalue weighted by atomic mass is 32.2. The molecule has 0 saturated heterocycles. The zero-order valence-electron chi connectivity index (χ0n) is 11.4. The molecule has 0 aliphatic heterocycles. The second-order valence-corrected chi connectivity index (χ2v) is 5.67. The summed E-state index contributed by atoms with van der Waals surface area (Å²) in [5.74, 6) is 0.0447. The van der Waals surface area contributed by atoms with Crippen LogP contribution in [0.3, 0.4) is 0 Å². The molecule has 7 heteroatoms. The minimum absolute atomic E-state index is 0.0260. The maximum Gasteiger partial charge on any atom is 0.313 e. The Bertz CT molecular complexity index is 445. The van der Waals surface area contributed by atoms with Gasteiger partial charge >= 0.3 is 5.97 Å². The molecule has 0 bridgehead atoms. The van der Waals surface area contributed by atoms with Gasteiger partial charge in [0.1, 0.15) is 5.82 Å². The van der Waals surface area contributed by atoms with E-state index in [-0.39, 0.29) is 5.75 Å². The molecule has 0 radical (unpaired) electrons. The van der Waals surface area contributed by atoms with E-state index in [1.54, 1.807) is 0 Å². The first-order chi connectivity index (χ1) is 9.11. The van der Waals surface area contributed by atoms with E-state index in [9.17, 15) is 4.79 Å². The van der Waals surface area contributed by atoms with Crippen molar-refractivity contribution < 1.29 is 9.90 Å². The van der Waals surface area contributed by atoms with Crippen molar-refractivity contribution in [3.63, 3.8) is 0 Å². The molecule has 0 amide bonds. The van der Waals surface area contributed by atoms with Gasteiger partial charge < -0.3 is 9.67 Å². The molecule has 0 aromatic carbocycles. The zero-order valence-corrected chi connectivity index (χ0v) is 12.2. The molecular formula is C12H20N4O2S. The summed E-state index contributed by atoms with van der Waals surface area (Å²) in [5, 5.41) is 17.5. The van der Waals surface area contributed by atoms with Gasteiger partial charge in [-0.3, -0.25) is 9.69 Å². The average Bonchev–Trinajstić information content (AvgIpc) is 3.14. The van der Waals surface area contributed by atoms with Crippen LogP contribution in [0.2, 0.25) is 0 Å². The van der Waals surface area contributed by atoms with Gasteiger partial charge in [0.15, 0.2) is 5.16 Å². The van der Waals surface area contributed by atoms with Gasteiger partial charge in [0.2, 0.25) is 0 Å². The quantitative estimate of drug-likeness (QED) is 0.724. The van der Waals surface area contributed by atoms with E-state index in [0.717, 1.165) is 31.5 Å². The number of rotatable bonds is 8. The van der Waals surface area contributed by atoms with E-state index in [1.807, 2.05) is 11.5 Å². The van der Waals surface area contributed by atoms with Crippen LogP contribution in [-0.4, -0.2) is 55.6 Å². The number of aryl methyl sites for hydroxylation is 1. The van der Waals surface area contributed by atoms with Crippen LogP contribution in [0.15, 0.2) is 5.16 Å². The van der Waals surface area contributed by atoms with E-state index in [0.29, 0.717) is 5.16 Å². The molecule has 2 rings (SSSR count). The van der Waals surface area contributed by atoms with Crippen LogP contribution in [0.1, 0.15) is 25.6 Å². The number of carboxylic acid groups (broad SMARTS) is 1. The fraction of sp³-hybridized carbons (Fsp3) is 0.750. The van der Waals surface area contributed by atoms with Crippen LogP contribution in [0.5, 0.6) is 0 Å². The molecular weight excluding hydrogens is 264 g/mol. The molecule has 19 heavy (non-hydrogen) atoms. The topological polar surface area (TPSA) is 71.2 Å². The van der Waals surface area contributed by atoms with E-state index in [2.05, 4.69) is 22.0 Å². The Hall–Kier alpha value is -1.08. The number of hydrogen-bond donors (Lipinski definition) is 1. The number of likely N-dealkylation sites (N-methyl/N-ethyl adjacent to an activating group) is 1. The molecule has 1 N–H and O–H groups in total. The molecule has 1 heterocycles. The van der Waals surface area contributed by atoms with Crippen molar-refractivity contribution in [1.82, 2.24) is 19.7 Å². The fourth-order valence-electron chi connectivity index (χ4n) is 2.12. The maximum absolute atomic E-state index is 10.6. The minimum atomic E-state index is -0.828. The molecule has 0 spiro atoms. The molecule has 0 unspecified atom stereocenters. The average molecular weight is 284 g/mol. The summed E-state index contributed by atoms with van der Waals surface area (Å²) in [6.07, 6.45) is 2.60. The molecule has 1 aromatic rings. The third-order valence-electron chi connectivity index (χ3n) is 3.31. The molecule has 0 atom stereocenters. The Balaban J connectivity index is 1.94. The maximum atomic E-state index is 10.6. The number of thioether (sulfide) groups is 1. The van der Waals surface area contributed by atoms with Gasteiger partial charge in [0, 0.05) is 19.1 Å². The van der Waals surface area contributed by atoms with Crippen molar-refractivity contribution in [3.8, 4) is 0 Å². The lowest BCUT2D eigenvalue weighted by Gasteiger charge is -2.20. The predicted octanol–water partition coefficient (Wildman–Crippen LogP) is 1.25. The highest BCUT2D eigenvalue weighted by molar-refractivity contribution is 7.99. The van der Waals surface area contributed by atoms with Crippen LogP contribution in [0.4, 0.5) is 0 Å². The monoisotopic (exact) mass is 284 g/mol. The third-order valence-corrected chi connectivity index (χ3v) is 4.26. The van der Waals surface area contributed by atoms with Crippen molar-refractivity contribution in [2.24, 2.45) is 0 Å². The summed E-state index contributed by atoms with van der Waals surface area (Å²) >= 11 is 1.23. The number of hydrogen-bond acceptors (Lipinski definition) is 5. The molecule has 106 valence electrons. The summed E-state index contributed by atoms with van der Waals surface area (Å²) in [7, 11) is 0. The minimum Gasteiger partial charge on any atom is -0.481 e. The standard InChI is InChI=1S/C12H20N4O2S/c1-3-15(10-4-5-10)6-7-16-9(2)13-14-12(16)19-8-11(17)18/h10H,3-8H2,1-2H3,(H,17,18). The van der Waals surface area contributed by atoms with Crippen molar-refractivity contribution in [3.05, 3.63) is 5.82 Å². The fourth-order valence-corrected chi connectivity index (χ4v) is 2.85. The summed E-state index contributed by atoms with van der Waals surface area (Å²) in [4.78, 5) is 13.1. The Morgan fingerprint density at radius 3 is 2.84 bits per heavy atom. The first-order valence-corrected chi connectivity index (χ1v) is 7.58. The Morgan fingerprint density at radius 2 is 2.26 bits per heavy atom. The van der Waals surface area contributed by atoms with Crippen LogP contribution >= 0.6 is 11.8 Å². The molecule has 1 aliphatic rings. The summed E-state index contributed by atoms with van der Waals surface area (Å²) in [5.41, 5.74) is 0. The molecule has 1 fully saturated rings. The van der Waals surface area contributed by atoms with Crippen LogP contribution in [-0.2, 0) is 11.3 Å². The van der Waals surface area contributed by atoms with E-state index < -0.39 is 5.97 Å². The smallest absolute Gasteiger partial charge is 0.313 e. The van der Waals surface area contributed by atoms with E-state index in [1.165, 1.54) is 24.6 Å². The van der Waals surface area contributed by atoms with Gasteiger partial charge in [-0.25, -0.2) is 0 Å². The van der Waals surface area contributed by atoms with Crippen molar-refractivity contribution in [1.29, 1.82) is 0 Å². The highest BCUT2D eigenvalue weighted by Crippen LogP contribution is 2.26. The third kappa shape index (κ3) is 3.94. The van der Waals surface area contributed by atoms with E-state index >= 15 is 0 Å². The Morgan fingerprint density at radius 1 is 1.53 bits per heavy atom. The largest absolute Gasteiger partial charge is 0.481 e. The van der Waals surface area contributed by atoms with Gasteiger partial charge in [-0.15, -0.1) is 10.2 Å². The summed E-state index contributed by atoms with van der Waals surface area (Å²) in [6, 6.07) is 0.747. The number of aromatic nitrogens is 3. The lowest BCUT2D eigenvalue weighted by molar-refractivity contribution is -0.133. The lowest BCUT2D eigenvalue weighted by atomic mass is 10.4. The second kappa shape index (κ2) is 6.38. The van der Waals surface area contributed by atoms with Gasteiger partial charge in [-0.2, -0.15) is 0 Å². The zero-order chi connectivity index (χ0) is 13.8. The van der Waals surface area contributed by atoms with Crippen LogP contribution in [0, 0.1) is 6.92 Å². The van der Waals surface area contributed by atoms with Gasteiger partial charge in [0.25, 0.3) is 0 Å². The van der Waals surface area contributed by atoms with Crippen molar-refractivity contribution in [2.45, 2.75) is 44.4 Å². The number of carbonyl (C=O) groups is 1. The molecule has 1 saturated carbocycles. The highest BCUT2D eigenvalue weighted by Gasteiger charge is 2.27. The number of aliphatic carboxylic acids is 1. The van der Waals surface area contributed by atoms with Crippen molar-refractivity contribution >= 4 is 17.7 Å². The molecule has 1 aliphatic carbocycles. The second-order valence-electron chi connectivity index (χ2n) is 4.72.